The van der Waals surface area contributed by atoms with Crippen LogP contribution in [0, 0.1) is 0 Å². The first-order valence-corrected chi connectivity index (χ1v) is 11.3. The number of carbonyl (C=O) groups excluding carboxylic acids is 3. The molecular formula is C26H34ClN3O5. The third-order valence-electron chi connectivity index (χ3n) is 4.43. The van der Waals surface area contributed by atoms with E-state index in [1.165, 1.54) is 6.08 Å². The molecule has 1 aromatic rings. The van der Waals surface area contributed by atoms with Crippen molar-refractivity contribution in [2.24, 2.45) is 5.73 Å². The standard InChI is InChI=1S/C26H34ClN3O5/c1-16(2)22(30-25(33)35-26(5,6)7)13-12-17(3)23(31)20(18(4)28)14-29-24(32)34-15-19-10-8-9-11-21(19)27/h8-13H,1,14-15,28H2,2-7H3,(H,29,32)(H,30,33)/b17-12+,20-18-,22-13+. The second-order valence-electron chi connectivity index (χ2n) is 8.85. The zero-order chi connectivity index (χ0) is 26.8. The number of carbonyl (C=O) groups is 3. The minimum Gasteiger partial charge on any atom is -0.445 e. The summed E-state index contributed by atoms with van der Waals surface area (Å²) in [5.74, 6) is -0.369. The van der Waals surface area contributed by atoms with Crippen LogP contribution >= 0.6 is 11.6 Å². The summed E-state index contributed by atoms with van der Waals surface area (Å²) in [4.78, 5) is 37.1. The third-order valence-corrected chi connectivity index (χ3v) is 4.80. The first kappa shape index (κ1) is 29.5. The van der Waals surface area contributed by atoms with Gasteiger partial charge in [0.2, 0.25) is 0 Å². The molecule has 8 nitrogen and oxygen atoms in total. The molecule has 2 amide bonds. The van der Waals surface area contributed by atoms with E-state index >= 15 is 0 Å². The van der Waals surface area contributed by atoms with Crippen LogP contribution in [-0.4, -0.2) is 30.1 Å². The summed E-state index contributed by atoms with van der Waals surface area (Å²) in [7, 11) is 0. The van der Waals surface area contributed by atoms with Crippen molar-refractivity contribution in [2.75, 3.05) is 6.54 Å². The summed E-state index contributed by atoms with van der Waals surface area (Å²) >= 11 is 6.05. The van der Waals surface area contributed by atoms with Gasteiger partial charge in [0.25, 0.3) is 0 Å². The number of ether oxygens (including phenoxy) is 2. The zero-order valence-corrected chi connectivity index (χ0v) is 21.8. The van der Waals surface area contributed by atoms with Gasteiger partial charge < -0.3 is 20.5 Å². The molecule has 4 N–H and O–H groups in total. The van der Waals surface area contributed by atoms with E-state index in [0.29, 0.717) is 27.4 Å². The predicted molar refractivity (Wildman–Crippen MR) is 138 cm³/mol. The minimum absolute atomic E-state index is 0.0157. The number of rotatable bonds is 9. The molecule has 35 heavy (non-hydrogen) atoms. The van der Waals surface area contributed by atoms with Crippen LogP contribution in [0.25, 0.3) is 0 Å². The van der Waals surface area contributed by atoms with E-state index in [4.69, 9.17) is 26.8 Å². The van der Waals surface area contributed by atoms with Gasteiger partial charge in [-0.2, -0.15) is 0 Å². The molecule has 1 aromatic carbocycles. The van der Waals surface area contributed by atoms with Gasteiger partial charge in [-0.3, -0.25) is 10.1 Å². The van der Waals surface area contributed by atoms with Crippen molar-refractivity contribution in [3.63, 3.8) is 0 Å². The fourth-order valence-electron chi connectivity index (χ4n) is 2.60. The fourth-order valence-corrected chi connectivity index (χ4v) is 2.79. The summed E-state index contributed by atoms with van der Waals surface area (Å²) in [5, 5.41) is 5.63. The van der Waals surface area contributed by atoms with E-state index < -0.39 is 17.8 Å². The number of benzene rings is 1. The lowest BCUT2D eigenvalue weighted by Crippen LogP contribution is -2.32. The Bertz CT molecular complexity index is 1060. The number of halogens is 1. The molecule has 1 rings (SSSR count). The topological polar surface area (TPSA) is 120 Å². The minimum atomic E-state index is -0.718. The average Bonchev–Trinajstić information content (AvgIpc) is 2.74. The molecule has 0 heterocycles. The number of ketones is 1. The van der Waals surface area contributed by atoms with Crippen molar-refractivity contribution in [1.82, 2.24) is 10.6 Å². The van der Waals surface area contributed by atoms with E-state index in [9.17, 15) is 14.4 Å². The Morgan fingerprint density at radius 3 is 2.26 bits per heavy atom. The molecule has 190 valence electrons. The summed E-state index contributed by atoms with van der Waals surface area (Å²) in [5.41, 5.74) is 7.65. The van der Waals surface area contributed by atoms with Crippen molar-refractivity contribution < 1.29 is 23.9 Å². The van der Waals surface area contributed by atoms with Crippen molar-refractivity contribution in [2.45, 2.75) is 53.8 Å². The molecular weight excluding hydrogens is 470 g/mol. The average molecular weight is 504 g/mol. The molecule has 0 aromatic heterocycles. The van der Waals surface area contributed by atoms with E-state index in [-0.39, 0.29) is 30.2 Å². The maximum Gasteiger partial charge on any atom is 0.412 e. The van der Waals surface area contributed by atoms with Gasteiger partial charge in [-0.25, -0.2) is 9.59 Å². The van der Waals surface area contributed by atoms with E-state index in [0.717, 1.165) is 0 Å². The number of nitrogens with two attached hydrogens (primary N) is 1. The van der Waals surface area contributed by atoms with Crippen molar-refractivity contribution in [3.05, 3.63) is 81.7 Å². The molecule has 0 aliphatic heterocycles. The third kappa shape index (κ3) is 11.0. The van der Waals surface area contributed by atoms with E-state index in [1.807, 2.05) is 0 Å². The van der Waals surface area contributed by atoms with Crippen LogP contribution in [0.4, 0.5) is 9.59 Å². The van der Waals surface area contributed by atoms with Crippen LogP contribution in [0.2, 0.25) is 5.02 Å². The van der Waals surface area contributed by atoms with Gasteiger partial charge in [0.15, 0.2) is 5.78 Å². The number of amides is 2. The molecule has 0 atom stereocenters. The van der Waals surface area contributed by atoms with Crippen LogP contribution in [0.3, 0.4) is 0 Å². The van der Waals surface area contributed by atoms with Gasteiger partial charge in [-0.1, -0.05) is 42.5 Å². The molecule has 0 unspecified atom stereocenters. The van der Waals surface area contributed by atoms with Gasteiger partial charge >= 0.3 is 12.2 Å². The lowest BCUT2D eigenvalue weighted by molar-refractivity contribution is -0.112. The van der Waals surface area contributed by atoms with Crippen molar-refractivity contribution in [1.29, 1.82) is 0 Å². The lowest BCUT2D eigenvalue weighted by Gasteiger charge is -2.20. The second-order valence-corrected chi connectivity index (χ2v) is 9.26. The fraction of sp³-hybridized carbons (Fsp3) is 0.346. The van der Waals surface area contributed by atoms with Crippen LogP contribution in [0.15, 0.2) is 71.1 Å². The van der Waals surface area contributed by atoms with Gasteiger partial charge in [0, 0.05) is 27.6 Å². The highest BCUT2D eigenvalue weighted by Crippen LogP contribution is 2.16. The maximum atomic E-state index is 12.9. The number of Topliss-reactive ketones (excluding diaryl/α,β-unsaturated/α-hetero) is 1. The SMILES string of the molecule is C=C(C)/C(=C\C=C(/C)C(=O)/C(CNC(=O)OCc1ccccc1Cl)=C(/C)N)NC(=O)OC(C)(C)C. The Morgan fingerprint density at radius 1 is 1.09 bits per heavy atom. The molecule has 9 heteroatoms. The van der Waals surface area contributed by atoms with Crippen LogP contribution in [0.1, 0.15) is 47.1 Å². The van der Waals surface area contributed by atoms with Crippen LogP contribution < -0.4 is 16.4 Å². The molecule has 0 fully saturated rings. The summed E-state index contributed by atoms with van der Waals surface area (Å²) in [6.45, 7) is 13.8. The Kier molecular flexibility index (Phi) is 11.3. The van der Waals surface area contributed by atoms with Crippen LogP contribution in [0.5, 0.6) is 0 Å². The monoisotopic (exact) mass is 503 g/mol. The second kappa shape index (κ2) is 13.4. The Labute approximate surface area is 211 Å². The van der Waals surface area contributed by atoms with E-state index in [2.05, 4.69) is 17.2 Å². The molecule has 0 aliphatic rings. The van der Waals surface area contributed by atoms with Crippen LogP contribution in [-0.2, 0) is 20.9 Å². The molecule has 0 radical (unpaired) electrons. The molecule has 0 aliphatic carbocycles. The lowest BCUT2D eigenvalue weighted by atomic mass is 10.0. The summed E-state index contributed by atoms with van der Waals surface area (Å²) < 4.78 is 10.4. The predicted octanol–water partition coefficient (Wildman–Crippen LogP) is 5.30. The normalized spacial score (nSPS) is 12.9. The van der Waals surface area contributed by atoms with Gasteiger partial charge in [-0.05, 0) is 64.8 Å². The number of alkyl carbamates (subject to hydrolysis) is 2. The highest BCUT2D eigenvalue weighted by Gasteiger charge is 2.18. The largest absolute Gasteiger partial charge is 0.445 e. The number of nitrogens with one attached hydrogen (secondary N) is 2. The maximum absolute atomic E-state index is 12.9. The first-order chi connectivity index (χ1) is 16.2. The molecule has 0 saturated heterocycles. The summed E-state index contributed by atoms with van der Waals surface area (Å²) in [6, 6.07) is 7.00. The number of hydrogen-bond donors (Lipinski definition) is 3. The smallest absolute Gasteiger partial charge is 0.412 e. The molecule has 0 bridgehead atoms. The van der Waals surface area contributed by atoms with Crippen molar-refractivity contribution >= 4 is 29.6 Å². The number of allylic oxidation sites excluding steroid dienone is 5. The Morgan fingerprint density at radius 2 is 1.71 bits per heavy atom. The van der Waals surface area contributed by atoms with Gasteiger partial charge in [0.05, 0.1) is 6.54 Å². The molecule has 0 spiro atoms. The Balaban J connectivity index is 2.84. The van der Waals surface area contributed by atoms with Gasteiger partial charge in [0.1, 0.15) is 12.2 Å². The highest BCUT2D eigenvalue weighted by molar-refractivity contribution is 6.31. The Hall–Kier alpha value is -3.52. The zero-order valence-electron chi connectivity index (χ0n) is 21.1. The molecule has 0 saturated carbocycles. The quantitative estimate of drug-likeness (QED) is 0.310. The van der Waals surface area contributed by atoms with Crippen molar-refractivity contribution in [3.8, 4) is 0 Å². The summed E-state index contributed by atoms with van der Waals surface area (Å²) in [6.07, 6.45) is 1.72. The highest BCUT2D eigenvalue weighted by atomic mass is 35.5. The van der Waals surface area contributed by atoms with E-state index in [1.54, 1.807) is 71.9 Å². The van der Waals surface area contributed by atoms with Gasteiger partial charge in [-0.15, -0.1) is 0 Å². The first-order valence-electron chi connectivity index (χ1n) is 10.9. The number of hydrogen-bond acceptors (Lipinski definition) is 6.